The van der Waals surface area contributed by atoms with Gasteiger partial charge in [0.2, 0.25) is 0 Å². The summed E-state index contributed by atoms with van der Waals surface area (Å²) in [4.78, 5) is 16.1. The third-order valence-corrected chi connectivity index (χ3v) is 4.94. The number of pyridine rings is 1. The number of nitrogens with one attached hydrogen (secondary N) is 1. The predicted molar refractivity (Wildman–Crippen MR) is 81.4 cm³/mol. The fourth-order valence-corrected chi connectivity index (χ4v) is 2.73. The van der Waals surface area contributed by atoms with Crippen molar-refractivity contribution in [3.63, 3.8) is 0 Å². The van der Waals surface area contributed by atoms with Crippen molar-refractivity contribution < 1.29 is 13.2 Å². The van der Waals surface area contributed by atoms with E-state index in [0.717, 1.165) is 0 Å². The highest BCUT2D eigenvalue weighted by atomic mass is 35.5. The molecular formula is C14H13ClN2O3S. The highest BCUT2D eigenvalue weighted by Gasteiger charge is 2.13. The Morgan fingerprint density at radius 1 is 1.24 bits per heavy atom. The second-order valence-electron chi connectivity index (χ2n) is 4.24. The van der Waals surface area contributed by atoms with Crippen LogP contribution in [0.4, 0.5) is 5.69 Å². The molecule has 2 aromatic rings. The Kier molecular flexibility index (Phi) is 4.59. The topological polar surface area (TPSA) is 76.1 Å². The van der Waals surface area contributed by atoms with E-state index in [1.807, 2.05) is 0 Å². The molecule has 0 aliphatic heterocycles. The van der Waals surface area contributed by atoms with Gasteiger partial charge in [-0.15, -0.1) is 0 Å². The summed E-state index contributed by atoms with van der Waals surface area (Å²) in [6, 6.07) is 7.50. The van der Waals surface area contributed by atoms with Crippen molar-refractivity contribution in [2.75, 3.05) is 11.1 Å². The normalized spacial score (nSPS) is 11.1. The van der Waals surface area contributed by atoms with Crippen LogP contribution in [0.5, 0.6) is 0 Å². The van der Waals surface area contributed by atoms with Crippen molar-refractivity contribution in [1.29, 1.82) is 0 Å². The van der Waals surface area contributed by atoms with E-state index in [0.29, 0.717) is 10.7 Å². The van der Waals surface area contributed by atoms with E-state index in [1.54, 1.807) is 6.92 Å². The molecule has 5 nitrogen and oxygen atoms in total. The maximum Gasteiger partial charge on any atom is 0.258 e. The Hall–Kier alpha value is -1.92. The molecule has 0 aliphatic carbocycles. The SMILES string of the molecule is CCS(=O)(=O)c1ccc(NC(=O)c2cnccc2Cl)cc1. The van der Waals surface area contributed by atoms with Crippen LogP contribution in [0.15, 0.2) is 47.6 Å². The van der Waals surface area contributed by atoms with Gasteiger partial charge in [-0.3, -0.25) is 9.78 Å². The maximum absolute atomic E-state index is 12.0. The van der Waals surface area contributed by atoms with Gasteiger partial charge in [-0.1, -0.05) is 18.5 Å². The highest BCUT2D eigenvalue weighted by Crippen LogP contribution is 2.18. The lowest BCUT2D eigenvalue weighted by Gasteiger charge is -2.07. The van der Waals surface area contributed by atoms with E-state index in [9.17, 15) is 13.2 Å². The predicted octanol–water partition coefficient (Wildman–Crippen LogP) is 2.78. The number of nitrogens with zero attached hydrogens (tertiary/aromatic N) is 1. The van der Waals surface area contributed by atoms with Crippen LogP contribution < -0.4 is 5.32 Å². The Bertz CT molecular complexity index is 758. The number of anilines is 1. The molecule has 7 heteroatoms. The number of aromatic nitrogens is 1. The van der Waals surface area contributed by atoms with Crippen LogP contribution in [0.25, 0.3) is 0 Å². The lowest BCUT2D eigenvalue weighted by atomic mass is 10.2. The summed E-state index contributed by atoms with van der Waals surface area (Å²) in [7, 11) is -3.25. The summed E-state index contributed by atoms with van der Waals surface area (Å²) < 4.78 is 23.4. The zero-order chi connectivity index (χ0) is 15.5. The van der Waals surface area contributed by atoms with Gasteiger partial charge in [0.15, 0.2) is 9.84 Å². The summed E-state index contributed by atoms with van der Waals surface area (Å²) in [6.45, 7) is 1.58. The molecule has 0 aliphatic rings. The molecule has 0 fully saturated rings. The summed E-state index contributed by atoms with van der Waals surface area (Å²) in [5, 5.41) is 2.94. The molecule has 21 heavy (non-hydrogen) atoms. The van der Waals surface area contributed by atoms with Crippen LogP contribution in [0.2, 0.25) is 5.02 Å². The number of benzene rings is 1. The first-order chi connectivity index (χ1) is 9.94. The van der Waals surface area contributed by atoms with Crippen LogP contribution in [0, 0.1) is 0 Å². The number of carbonyl (C=O) groups is 1. The molecule has 2 rings (SSSR count). The first-order valence-electron chi connectivity index (χ1n) is 6.17. The van der Waals surface area contributed by atoms with E-state index in [4.69, 9.17) is 11.6 Å². The highest BCUT2D eigenvalue weighted by molar-refractivity contribution is 7.91. The first kappa shape index (κ1) is 15.5. The van der Waals surface area contributed by atoms with Gasteiger partial charge in [0.05, 0.1) is 21.2 Å². The minimum atomic E-state index is -3.25. The van der Waals surface area contributed by atoms with Gasteiger partial charge in [0.1, 0.15) is 0 Å². The smallest absolute Gasteiger partial charge is 0.258 e. The van der Waals surface area contributed by atoms with Crippen LogP contribution >= 0.6 is 11.6 Å². The Labute approximate surface area is 127 Å². The van der Waals surface area contributed by atoms with Crippen LogP contribution in [0.3, 0.4) is 0 Å². The summed E-state index contributed by atoms with van der Waals surface area (Å²) in [6.07, 6.45) is 2.86. The molecule has 0 bridgehead atoms. The van der Waals surface area contributed by atoms with Crippen molar-refractivity contribution in [3.8, 4) is 0 Å². The number of amides is 1. The van der Waals surface area contributed by atoms with Crippen molar-refractivity contribution in [1.82, 2.24) is 4.98 Å². The van der Waals surface area contributed by atoms with Crippen molar-refractivity contribution in [3.05, 3.63) is 53.3 Å². The third-order valence-electron chi connectivity index (χ3n) is 2.86. The molecule has 1 heterocycles. The zero-order valence-electron chi connectivity index (χ0n) is 11.2. The van der Waals surface area contributed by atoms with Crippen LogP contribution in [0.1, 0.15) is 17.3 Å². The molecule has 0 unspecified atom stereocenters. The van der Waals surface area contributed by atoms with Crippen molar-refractivity contribution in [2.45, 2.75) is 11.8 Å². The van der Waals surface area contributed by atoms with Gasteiger partial charge in [-0.2, -0.15) is 0 Å². The van der Waals surface area contributed by atoms with Gasteiger partial charge in [-0.25, -0.2) is 8.42 Å². The van der Waals surface area contributed by atoms with E-state index in [1.165, 1.54) is 42.7 Å². The Balaban J connectivity index is 2.18. The summed E-state index contributed by atoms with van der Waals surface area (Å²) in [5.74, 6) is -0.372. The van der Waals surface area contributed by atoms with Gasteiger partial charge in [0, 0.05) is 18.1 Å². The largest absolute Gasteiger partial charge is 0.322 e. The zero-order valence-corrected chi connectivity index (χ0v) is 12.8. The van der Waals surface area contributed by atoms with Crippen molar-refractivity contribution in [2.24, 2.45) is 0 Å². The maximum atomic E-state index is 12.0. The number of sulfone groups is 1. The minimum Gasteiger partial charge on any atom is -0.322 e. The molecule has 1 aromatic carbocycles. The Morgan fingerprint density at radius 2 is 1.90 bits per heavy atom. The molecule has 0 saturated carbocycles. The van der Waals surface area contributed by atoms with E-state index in [-0.39, 0.29) is 16.2 Å². The van der Waals surface area contributed by atoms with Gasteiger partial charge in [0.25, 0.3) is 5.91 Å². The van der Waals surface area contributed by atoms with E-state index < -0.39 is 15.7 Å². The molecule has 0 atom stereocenters. The number of rotatable bonds is 4. The molecule has 1 aromatic heterocycles. The Morgan fingerprint density at radius 3 is 2.48 bits per heavy atom. The average Bonchev–Trinajstić information content (AvgIpc) is 2.48. The molecule has 1 amide bonds. The lowest BCUT2D eigenvalue weighted by molar-refractivity contribution is 0.102. The molecule has 110 valence electrons. The molecule has 0 saturated heterocycles. The molecular weight excluding hydrogens is 312 g/mol. The van der Waals surface area contributed by atoms with E-state index >= 15 is 0 Å². The third kappa shape index (κ3) is 3.59. The van der Waals surface area contributed by atoms with Crippen molar-refractivity contribution >= 4 is 33.0 Å². The first-order valence-corrected chi connectivity index (χ1v) is 8.21. The molecule has 0 spiro atoms. The standard InChI is InChI=1S/C14H13ClN2O3S/c1-2-21(19,20)11-5-3-10(4-6-11)17-14(18)12-9-16-8-7-13(12)15/h3-9H,2H2,1H3,(H,17,18). The van der Waals surface area contributed by atoms with E-state index in [2.05, 4.69) is 10.3 Å². The van der Waals surface area contributed by atoms with Crippen LogP contribution in [-0.2, 0) is 9.84 Å². The van der Waals surface area contributed by atoms with Crippen LogP contribution in [-0.4, -0.2) is 25.1 Å². The lowest BCUT2D eigenvalue weighted by Crippen LogP contribution is -2.13. The monoisotopic (exact) mass is 324 g/mol. The summed E-state index contributed by atoms with van der Waals surface area (Å²) >= 11 is 5.91. The quantitative estimate of drug-likeness (QED) is 0.938. The molecule has 0 radical (unpaired) electrons. The van der Waals surface area contributed by atoms with Gasteiger partial charge < -0.3 is 5.32 Å². The number of hydrogen-bond donors (Lipinski definition) is 1. The number of hydrogen-bond acceptors (Lipinski definition) is 4. The minimum absolute atomic E-state index is 0.0317. The molecule has 1 N–H and O–H groups in total. The number of carbonyl (C=O) groups excluding carboxylic acids is 1. The average molecular weight is 325 g/mol. The van der Waals surface area contributed by atoms with Gasteiger partial charge >= 0.3 is 0 Å². The fraction of sp³-hybridized carbons (Fsp3) is 0.143. The van der Waals surface area contributed by atoms with Gasteiger partial charge in [-0.05, 0) is 30.3 Å². The second kappa shape index (κ2) is 6.24. The number of halogens is 1. The summed E-state index contributed by atoms with van der Waals surface area (Å²) in [5.41, 5.74) is 0.736. The fourth-order valence-electron chi connectivity index (χ4n) is 1.66. The second-order valence-corrected chi connectivity index (χ2v) is 6.92.